The molecule has 0 saturated heterocycles. The maximum atomic E-state index is 9.40. The molecular formula is C15H19N5O. The monoisotopic (exact) mass is 285 g/mol. The largest absolute Gasteiger partial charge is 0.433 e. The first-order chi connectivity index (χ1) is 10.1. The predicted octanol–water partition coefficient (Wildman–Crippen LogP) is 3.04. The summed E-state index contributed by atoms with van der Waals surface area (Å²) in [5.74, 6) is 0.802. The van der Waals surface area contributed by atoms with E-state index in [2.05, 4.69) is 21.4 Å². The molecule has 0 aliphatic rings. The molecule has 6 heteroatoms. The van der Waals surface area contributed by atoms with Gasteiger partial charge in [0.15, 0.2) is 5.75 Å². The molecule has 0 N–H and O–H groups in total. The standard InChI is InChI=1S/C15H19N5O/c1-5-12-13(7-16)15(19-18-14(12)6-2)21-11-8-17-20(9-11)10(3)4/h8-10H,5-6H2,1-4H3. The molecule has 2 rings (SSSR count). The molecule has 6 nitrogen and oxygen atoms in total. The predicted molar refractivity (Wildman–Crippen MR) is 78.2 cm³/mol. The van der Waals surface area contributed by atoms with Gasteiger partial charge in [-0.1, -0.05) is 13.8 Å². The van der Waals surface area contributed by atoms with Crippen molar-refractivity contribution in [2.75, 3.05) is 0 Å². The van der Waals surface area contributed by atoms with Crippen molar-refractivity contribution in [1.29, 1.82) is 5.26 Å². The Hall–Kier alpha value is -2.42. The van der Waals surface area contributed by atoms with E-state index in [4.69, 9.17) is 4.74 Å². The van der Waals surface area contributed by atoms with E-state index in [-0.39, 0.29) is 11.9 Å². The molecule has 0 bridgehead atoms. The number of nitrogens with zero attached hydrogens (tertiary/aromatic N) is 5. The number of hydrogen-bond acceptors (Lipinski definition) is 5. The van der Waals surface area contributed by atoms with Crippen LogP contribution < -0.4 is 4.74 Å². The molecule has 2 aromatic rings. The van der Waals surface area contributed by atoms with Crippen molar-refractivity contribution in [3.8, 4) is 17.7 Å². The summed E-state index contributed by atoms with van der Waals surface area (Å²) in [6.45, 7) is 8.06. The molecule has 0 aliphatic carbocycles. The van der Waals surface area contributed by atoms with Crippen LogP contribution in [-0.2, 0) is 12.8 Å². The molecule has 21 heavy (non-hydrogen) atoms. The SMILES string of the molecule is CCc1nnc(Oc2cnn(C(C)C)c2)c(C#N)c1CC. The minimum Gasteiger partial charge on any atom is -0.433 e. The second kappa shape index (κ2) is 6.35. The highest BCUT2D eigenvalue weighted by molar-refractivity contribution is 5.47. The molecule has 0 radical (unpaired) electrons. The summed E-state index contributed by atoms with van der Waals surface area (Å²) in [5, 5.41) is 21.8. The van der Waals surface area contributed by atoms with Crippen LogP contribution in [0.3, 0.4) is 0 Å². The van der Waals surface area contributed by atoms with E-state index in [1.807, 2.05) is 27.7 Å². The summed E-state index contributed by atoms with van der Waals surface area (Å²) in [5.41, 5.74) is 2.21. The quantitative estimate of drug-likeness (QED) is 0.843. The third-order valence-electron chi connectivity index (χ3n) is 3.25. The van der Waals surface area contributed by atoms with E-state index in [1.54, 1.807) is 17.1 Å². The Morgan fingerprint density at radius 3 is 2.57 bits per heavy atom. The van der Waals surface area contributed by atoms with E-state index in [0.717, 1.165) is 24.1 Å². The van der Waals surface area contributed by atoms with E-state index in [0.29, 0.717) is 11.3 Å². The van der Waals surface area contributed by atoms with Gasteiger partial charge in [0.05, 0.1) is 18.1 Å². The molecule has 0 unspecified atom stereocenters. The van der Waals surface area contributed by atoms with E-state index < -0.39 is 0 Å². The zero-order valence-electron chi connectivity index (χ0n) is 12.8. The van der Waals surface area contributed by atoms with Gasteiger partial charge in [-0.05, 0) is 32.3 Å². The summed E-state index contributed by atoms with van der Waals surface area (Å²) < 4.78 is 7.48. The molecule has 2 heterocycles. The number of rotatable bonds is 5. The fourth-order valence-corrected chi connectivity index (χ4v) is 2.11. The van der Waals surface area contributed by atoms with Gasteiger partial charge in [0, 0.05) is 6.04 Å². The molecule has 0 amide bonds. The molecule has 2 aromatic heterocycles. The van der Waals surface area contributed by atoms with E-state index in [1.165, 1.54) is 0 Å². The van der Waals surface area contributed by atoms with Crippen molar-refractivity contribution in [2.24, 2.45) is 0 Å². The van der Waals surface area contributed by atoms with Crippen molar-refractivity contribution in [3.63, 3.8) is 0 Å². The van der Waals surface area contributed by atoms with Crippen molar-refractivity contribution in [3.05, 3.63) is 29.2 Å². The maximum Gasteiger partial charge on any atom is 0.257 e. The summed E-state index contributed by atoms with van der Waals surface area (Å²) in [4.78, 5) is 0. The van der Waals surface area contributed by atoms with Gasteiger partial charge in [0.1, 0.15) is 11.6 Å². The highest BCUT2D eigenvalue weighted by Gasteiger charge is 2.16. The third-order valence-corrected chi connectivity index (χ3v) is 3.25. The lowest BCUT2D eigenvalue weighted by molar-refractivity contribution is 0.447. The second-order valence-corrected chi connectivity index (χ2v) is 4.98. The highest BCUT2D eigenvalue weighted by atomic mass is 16.5. The van der Waals surface area contributed by atoms with Gasteiger partial charge in [0.25, 0.3) is 5.88 Å². The summed E-state index contributed by atoms with van der Waals surface area (Å²) in [6.07, 6.45) is 4.87. The smallest absolute Gasteiger partial charge is 0.257 e. The molecule has 0 fully saturated rings. The zero-order chi connectivity index (χ0) is 15.4. The lowest BCUT2D eigenvalue weighted by Crippen LogP contribution is -2.05. The van der Waals surface area contributed by atoms with Crippen LogP contribution in [0.15, 0.2) is 12.4 Å². The van der Waals surface area contributed by atoms with Gasteiger partial charge in [-0.25, -0.2) is 0 Å². The number of nitriles is 1. The molecule has 0 aromatic carbocycles. The number of ether oxygens (including phenoxy) is 1. The Bertz CT molecular complexity index is 669. The average molecular weight is 285 g/mol. The number of aromatic nitrogens is 4. The Balaban J connectivity index is 2.37. The van der Waals surface area contributed by atoms with Crippen molar-refractivity contribution >= 4 is 0 Å². The van der Waals surface area contributed by atoms with Crippen LogP contribution in [0.1, 0.15) is 50.6 Å². The van der Waals surface area contributed by atoms with Gasteiger partial charge in [-0.2, -0.15) is 15.5 Å². The lowest BCUT2D eigenvalue weighted by atomic mass is 10.0. The zero-order valence-corrected chi connectivity index (χ0v) is 12.8. The van der Waals surface area contributed by atoms with Crippen LogP contribution in [0.5, 0.6) is 11.6 Å². The normalized spacial score (nSPS) is 10.7. The first-order valence-electron chi connectivity index (χ1n) is 7.11. The van der Waals surface area contributed by atoms with Crippen LogP contribution in [0.2, 0.25) is 0 Å². The molecule has 0 spiro atoms. The molecule has 0 saturated carbocycles. The maximum absolute atomic E-state index is 9.40. The lowest BCUT2D eigenvalue weighted by Gasteiger charge is -2.10. The van der Waals surface area contributed by atoms with Gasteiger partial charge in [-0.15, -0.1) is 5.10 Å². The summed E-state index contributed by atoms with van der Waals surface area (Å²) in [6, 6.07) is 2.43. The van der Waals surface area contributed by atoms with Gasteiger partial charge in [-0.3, -0.25) is 4.68 Å². The minimum absolute atomic E-state index is 0.245. The first kappa shape index (κ1) is 15.0. The minimum atomic E-state index is 0.245. The number of aryl methyl sites for hydroxylation is 1. The fourth-order valence-electron chi connectivity index (χ4n) is 2.11. The highest BCUT2D eigenvalue weighted by Crippen LogP contribution is 2.26. The Morgan fingerprint density at radius 1 is 1.29 bits per heavy atom. The Labute approximate surface area is 124 Å². The topological polar surface area (TPSA) is 76.6 Å². The molecule has 0 atom stereocenters. The van der Waals surface area contributed by atoms with E-state index >= 15 is 0 Å². The van der Waals surface area contributed by atoms with Crippen molar-refractivity contribution in [2.45, 2.75) is 46.6 Å². The van der Waals surface area contributed by atoms with Gasteiger partial charge in [0.2, 0.25) is 0 Å². The third kappa shape index (κ3) is 3.02. The fraction of sp³-hybridized carbons (Fsp3) is 0.467. The Morgan fingerprint density at radius 2 is 2.05 bits per heavy atom. The van der Waals surface area contributed by atoms with Gasteiger partial charge >= 0.3 is 0 Å². The second-order valence-electron chi connectivity index (χ2n) is 4.98. The van der Waals surface area contributed by atoms with Crippen LogP contribution in [-0.4, -0.2) is 20.0 Å². The molecule has 0 aliphatic heterocycles. The molecule has 110 valence electrons. The summed E-state index contributed by atoms with van der Waals surface area (Å²) in [7, 11) is 0. The van der Waals surface area contributed by atoms with Crippen LogP contribution in [0.25, 0.3) is 0 Å². The van der Waals surface area contributed by atoms with Crippen LogP contribution in [0.4, 0.5) is 0 Å². The molecular weight excluding hydrogens is 266 g/mol. The first-order valence-corrected chi connectivity index (χ1v) is 7.11. The van der Waals surface area contributed by atoms with Crippen LogP contribution in [0, 0.1) is 11.3 Å². The summed E-state index contributed by atoms with van der Waals surface area (Å²) >= 11 is 0. The van der Waals surface area contributed by atoms with E-state index in [9.17, 15) is 5.26 Å². The Kier molecular flexibility index (Phi) is 4.53. The van der Waals surface area contributed by atoms with Crippen LogP contribution >= 0.6 is 0 Å². The average Bonchev–Trinajstić information content (AvgIpc) is 2.95. The number of hydrogen-bond donors (Lipinski definition) is 0. The van der Waals surface area contributed by atoms with Crippen molar-refractivity contribution < 1.29 is 4.74 Å². The van der Waals surface area contributed by atoms with Crippen molar-refractivity contribution in [1.82, 2.24) is 20.0 Å². The van der Waals surface area contributed by atoms with Gasteiger partial charge < -0.3 is 4.74 Å².